The van der Waals surface area contributed by atoms with Crippen molar-refractivity contribution in [1.29, 1.82) is 0 Å². The Morgan fingerprint density at radius 1 is 1.35 bits per heavy atom. The van der Waals surface area contributed by atoms with Crippen molar-refractivity contribution < 1.29 is 19.0 Å². The second kappa shape index (κ2) is 7.03. The van der Waals surface area contributed by atoms with Crippen LogP contribution in [0.1, 0.15) is 10.4 Å². The number of ether oxygens (including phenoxy) is 3. The van der Waals surface area contributed by atoms with Gasteiger partial charge >= 0.3 is 5.97 Å². The van der Waals surface area contributed by atoms with Crippen molar-refractivity contribution in [2.24, 2.45) is 0 Å². The standard InChI is InChI=1S/C11H12ClIO4/c1-15-3-4-17-10-6-8(12)7(5-9(10)13)11(14)16-2/h5-6H,3-4H2,1-2H3. The topological polar surface area (TPSA) is 44.8 Å². The predicted octanol–water partition coefficient (Wildman–Crippen LogP) is 2.76. The minimum atomic E-state index is -0.462. The highest BCUT2D eigenvalue weighted by atomic mass is 127. The Balaban J connectivity index is 2.89. The van der Waals surface area contributed by atoms with Crippen molar-refractivity contribution in [1.82, 2.24) is 0 Å². The van der Waals surface area contributed by atoms with Gasteiger partial charge in [-0.3, -0.25) is 0 Å². The number of benzene rings is 1. The first kappa shape index (κ1) is 14.5. The lowest BCUT2D eigenvalue weighted by Gasteiger charge is -2.10. The van der Waals surface area contributed by atoms with E-state index in [9.17, 15) is 4.79 Å². The Labute approximate surface area is 118 Å². The molecule has 0 bridgehead atoms. The summed E-state index contributed by atoms with van der Waals surface area (Å²) in [6.45, 7) is 0.923. The number of esters is 1. The summed E-state index contributed by atoms with van der Waals surface area (Å²) in [6, 6.07) is 3.24. The van der Waals surface area contributed by atoms with E-state index in [0.717, 1.165) is 3.57 Å². The molecule has 0 fully saturated rings. The molecule has 0 aromatic heterocycles. The van der Waals surface area contributed by atoms with Crippen molar-refractivity contribution in [2.45, 2.75) is 0 Å². The second-order valence-corrected chi connectivity index (χ2v) is 4.66. The maximum absolute atomic E-state index is 11.4. The third kappa shape index (κ3) is 4.01. The molecule has 0 saturated heterocycles. The van der Waals surface area contributed by atoms with Gasteiger partial charge in [-0.2, -0.15) is 0 Å². The molecule has 6 heteroatoms. The molecular formula is C11H12ClIO4. The van der Waals surface area contributed by atoms with Gasteiger partial charge in [-0.15, -0.1) is 0 Å². The zero-order valence-corrected chi connectivity index (χ0v) is 12.4. The molecule has 1 aromatic rings. The highest BCUT2D eigenvalue weighted by Crippen LogP contribution is 2.29. The minimum Gasteiger partial charge on any atom is -0.490 e. The summed E-state index contributed by atoms with van der Waals surface area (Å²) in [7, 11) is 2.91. The van der Waals surface area contributed by atoms with E-state index >= 15 is 0 Å². The van der Waals surface area contributed by atoms with E-state index in [1.807, 2.05) is 0 Å². The fourth-order valence-corrected chi connectivity index (χ4v) is 1.99. The minimum absolute atomic E-state index is 0.310. The first-order chi connectivity index (χ1) is 8.10. The van der Waals surface area contributed by atoms with E-state index in [4.69, 9.17) is 21.1 Å². The third-order valence-electron chi connectivity index (χ3n) is 1.97. The summed E-state index contributed by atoms with van der Waals surface area (Å²) >= 11 is 8.04. The van der Waals surface area contributed by atoms with Crippen LogP contribution in [-0.4, -0.2) is 33.4 Å². The van der Waals surface area contributed by atoms with Crippen LogP contribution in [-0.2, 0) is 9.47 Å². The van der Waals surface area contributed by atoms with Gasteiger partial charge in [0.05, 0.1) is 27.9 Å². The van der Waals surface area contributed by atoms with Crippen LogP contribution in [0.3, 0.4) is 0 Å². The highest BCUT2D eigenvalue weighted by molar-refractivity contribution is 14.1. The summed E-state index contributed by atoms with van der Waals surface area (Å²) in [6.07, 6.45) is 0. The van der Waals surface area contributed by atoms with Crippen molar-refractivity contribution in [3.05, 3.63) is 26.3 Å². The van der Waals surface area contributed by atoms with Crippen LogP contribution in [0.5, 0.6) is 5.75 Å². The van der Waals surface area contributed by atoms with Gasteiger partial charge in [0.15, 0.2) is 0 Å². The first-order valence-electron chi connectivity index (χ1n) is 4.79. The lowest BCUT2D eigenvalue weighted by atomic mass is 10.2. The lowest BCUT2D eigenvalue weighted by Crippen LogP contribution is -2.07. The van der Waals surface area contributed by atoms with E-state index in [1.165, 1.54) is 7.11 Å². The summed E-state index contributed by atoms with van der Waals surface area (Å²) in [5, 5.41) is 0.310. The number of hydrogen-bond donors (Lipinski definition) is 0. The fraction of sp³-hybridized carbons (Fsp3) is 0.364. The monoisotopic (exact) mass is 370 g/mol. The molecule has 17 heavy (non-hydrogen) atoms. The van der Waals surface area contributed by atoms with Crippen LogP contribution in [0.2, 0.25) is 5.02 Å². The first-order valence-corrected chi connectivity index (χ1v) is 6.25. The number of methoxy groups -OCH3 is 2. The summed E-state index contributed by atoms with van der Waals surface area (Å²) in [5.41, 5.74) is 0.331. The van der Waals surface area contributed by atoms with Gasteiger partial charge in [-0.05, 0) is 28.7 Å². The largest absolute Gasteiger partial charge is 0.490 e. The van der Waals surface area contributed by atoms with Gasteiger partial charge in [-0.1, -0.05) is 11.6 Å². The number of halogens is 2. The third-order valence-corrected chi connectivity index (χ3v) is 3.13. The molecule has 0 radical (unpaired) electrons. The summed E-state index contributed by atoms with van der Waals surface area (Å²) in [4.78, 5) is 11.4. The number of rotatable bonds is 5. The number of carbonyl (C=O) groups is 1. The molecule has 0 aliphatic carbocycles. The van der Waals surface area contributed by atoms with E-state index in [1.54, 1.807) is 19.2 Å². The average molecular weight is 371 g/mol. The zero-order chi connectivity index (χ0) is 12.8. The molecule has 0 atom stereocenters. The molecule has 0 unspecified atom stereocenters. The SMILES string of the molecule is COCCOc1cc(Cl)c(C(=O)OC)cc1I. The van der Waals surface area contributed by atoms with Gasteiger partial charge in [0.1, 0.15) is 12.4 Å². The zero-order valence-electron chi connectivity index (χ0n) is 9.46. The number of hydrogen-bond acceptors (Lipinski definition) is 4. The van der Waals surface area contributed by atoms with Crippen LogP contribution < -0.4 is 4.74 Å². The lowest BCUT2D eigenvalue weighted by molar-refractivity contribution is 0.0600. The van der Waals surface area contributed by atoms with Gasteiger partial charge in [0, 0.05) is 13.2 Å². The molecule has 94 valence electrons. The molecule has 0 saturated carbocycles. The van der Waals surface area contributed by atoms with Gasteiger partial charge in [-0.25, -0.2) is 4.79 Å². The molecular weight excluding hydrogens is 358 g/mol. The normalized spacial score (nSPS) is 10.1. The molecule has 0 heterocycles. The molecule has 0 N–H and O–H groups in total. The second-order valence-electron chi connectivity index (χ2n) is 3.10. The van der Waals surface area contributed by atoms with Crippen molar-refractivity contribution in [2.75, 3.05) is 27.4 Å². The summed E-state index contributed by atoms with van der Waals surface area (Å²) in [5.74, 6) is 0.164. The molecule has 0 aliphatic rings. The molecule has 0 aliphatic heterocycles. The maximum Gasteiger partial charge on any atom is 0.339 e. The Kier molecular flexibility index (Phi) is 6.01. The van der Waals surface area contributed by atoms with E-state index in [2.05, 4.69) is 27.3 Å². The Morgan fingerprint density at radius 3 is 2.65 bits per heavy atom. The van der Waals surface area contributed by atoms with E-state index < -0.39 is 5.97 Å². The molecule has 1 rings (SSSR count). The predicted molar refractivity (Wildman–Crippen MR) is 72.9 cm³/mol. The van der Waals surface area contributed by atoms with Gasteiger partial charge in [0.2, 0.25) is 0 Å². The van der Waals surface area contributed by atoms with Crippen molar-refractivity contribution in [3.63, 3.8) is 0 Å². The molecule has 4 nitrogen and oxygen atoms in total. The Hall–Kier alpha value is -0.530. The Morgan fingerprint density at radius 2 is 2.06 bits per heavy atom. The highest BCUT2D eigenvalue weighted by Gasteiger charge is 2.14. The van der Waals surface area contributed by atoms with Crippen molar-refractivity contribution in [3.8, 4) is 5.75 Å². The smallest absolute Gasteiger partial charge is 0.339 e. The summed E-state index contributed by atoms with van der Waals surface area (Å²) < 4.78 is 15.8. The van der Waals surface area contributed by atoms with Gasteiger partial charge in [0.25, 0.3) is 0 Å². The molecule has 0 spiro atoms. The quantitative estimate of drug-likeness (QED) is 0.454. The van der Waals surface area contributed by atoms with E-state index in [-0.39, 0.29) is 0 Å². The van der Waals surface area contributed by atoms with E-state index in [0.29, 0.717) is 29.5 Å². The molecule has 0 amide bonds. The van der Waals surface area contributed by atoms with Crippen LogP contribution in [0.25, 0.3) is 0 Å². The fourth-order valence-electron chi connectivity index (χ4n) is 1.14. The average Bonchev–Trinajstić information content (AvgIpc) is 2.32. The van der Waals surface area contributed by atoms with Crippen LogP contribution in [0.4, 0.5) is 0 Å². The van der Waals surface area contributed by atoms with Crippen LogP contribution >= 0.6 is 34.2 Å². The Bertz CT molecular complexity index is 409. The molecule has 1 aromatic carbocycles. The maximum atomic E-state index is 11.4. The van der Waals surface area contributed by atoms with Crippen LogP contribution in [0.15, 0.2) is 12.1 Å². The van der Waals surface area contributed by atoms with Crippen molar-refractivity contribution >= 4 is 40.2 Å². The van der Waals surface area contributed by atoms with Crippen LogP contribution in [0, 0.1) is 3.57 Å². The van der Waals surface area contributed by atoms with Gasteiger partial charge < -0.3 is 14.2 Å². The number of carbonyl (C=O) groups excluding carboxylic acids is 1.